The molecule has 17 heavy (non-hydrogen) atoms. The fourth-order valence-electron chi connectivity index (χ4n) is 1.50. The third kappa shape index (κ3) is 4.49. The van der Waals surface area contributed by atoms with Gasteiger partial charge in [-0.15, -0.1) is 0 Å². The molecule has 2 nitrogen and oxygen atoms in total. The molecule has 2 unspecified atom stereocenters. The van der Waals surface area contributed by atoms with Crippen molar-refractivity contribution in [1.82, 2.24) is 5.32 Å². The Kier molecular flexibility index (Phi) is 4.72. The Morgan fingerprint density at radius 2 is 1.71 bits per heavy atom. The van der Waals surface area contributed by atoms with Gasteiger partial charge in [0.15, 0.2) is 0 Å². The Bertz CT molecular complexity index is 337. The van der Waals surface area contributed by atoms with Gasteiger partial charge in [0.25, 0.3) is 0 Å². The minimum atomic E-state index is -0.430. The number of aryl methyl sites for hydroxylation is 1. The first-order valence-electron chi connectivity index (χ1n) is 6.28. The number of nitrogens with one attached hydrogen (secondary N) is 1. The van der Waals surface area contributed by atoms with E-state index in [0.29, 0.717) is 12.6 Å². The van der Waals surface area contributed by atoms with Crippen LogP contribution in [0.2, 0.25) is 0 Å². The molecular weight excluding hydrogens is 210 g/mol. The van der Waals surface area contributed by atoms with Gasteiger partial charge in [-0.25, -0.2) is 0 Å². The number of aliphatic hydroxyl groups is 1. The molecule has 0 saturated heterocycles. The number of rotatable bonds is 4. The molecule has 2 atom stereocenters. The molecule has 0 bridgehead atoms. The maximum absolute atomic E-state index is 10.1. The Morgan fingerprint density at radius 3 is 2.18 bits per heavy atom. The molecular formula is C15H25NO. The van der Waals surface area contributed by atoms with E-state index in [2.05, 4.69) is 39.9 Å². The predicted octanol–water partition coefficient (Wildman–Crippen LogP) is 3.05. The Labute approximate surface area is 105 Å². The molecule has 1 aromatic carbocycles. The number of hydrogen-bond acceptors (Lipinski definition) is 2. The molecule has 0 aliphatic rings. The van der Waals surface area contributed by atoms with Crippen molar-refractivity contribution in [2.24, 2.45) is 5.41 Å². The van der Waals surface area contributed by atoms with E-state index in [4.69, 9.17) is 0 Å². The van der Waals surface area contributed by atoms with Crippen LogP contribution in [0.1, 0.15) is 44.9 Å². The lowest BCUT2D eigenvalue weighted by Gasteiger charge is -2.29. The minimum absolute atomic E-state index is 0.215. The Hall–Kier alpha value is -0.860. The van der Waals surface area contributed by atoms with Gasteiger partial charge < -0.3 is 10.4 Å². The van der Waals surface area contributed by atoms with E-state index < -0.39 is 6.10 Å². The van der Waals surface area contributed by atoms with E-state index >= 15 is 0 Å². The van der Waals surface area contributed by atoms with Crippen molar-refractivity contribution in [3.63, 3.8) is 0 Å². The van der Waals surface area contributed by atoms with E-state index in [-0.39, 0.29) is 5.41 Å². The van der Waals surface area contributed by atoms with Gasteiger partial charge in [0.2, 0.25) is 0 Å². The lowest BCUT2D eigenvalue weighted by atomic mass is 9.88. The predicted molar refractivity (Wildman–Crippen MR) is 73.1 cm³/mol. The standard InChI is InChI=1S/C15H25NO/c1-11-6-8-13(9-7-11)14(17)10-16-12(2)15(3,4)5/h6-9,12,14,16-17H,10H2,1-5H3. The van der Waals surface area contributed by atoms with Crippen LogP contribution in [0.4, 0.5) is 0 Å². The van der Waals surface area contributed by atoms with Crippen LogP contribution in [-0.4, -0.2) is 17.7 Å². The molecule has 2 heteroatoms. The lowest BCUT2D eigenvalue weighted by Crippen LogP contribution is -2.39. The molecule has 0 spiro atoms. The van der Waals surface area contributed by atoms with Crippen molar-refractivity contribution in [1.29, 1.82) is 0 Å². The van der Waals surface area contributed by atoms with Crippen LogP contribution in [0, 0.1) is 12.3 Å². The second-order valence-electron chi connectivity index (χ2n) is 5.92. The fourth-order valence-corrected chi connectivity index (χ4v) is 1.50. The first-order valence-corrected chi connectivity index (χ1v) is 6.28. The topological polar surface area (TPSA) is 32.3 Å². The molecule has 0 aliphatic heterocycles. The maximum Gasteiger partial charge on any atom is 0.0914 e. The monoisotopic (exact) mass is 235 g/mol. The summed E-state index contributed by atoms with van der Waals surface area (Å²) in [6.45, 7) is 11.4. The van der Waals surface area contributed by atoms with Gasteiger partial charge in [0.1, 0.15) is 0 Å². The smallest absolute Gasteiger partial charge is 0.0914 e. The largest absolute Gasteiger partial charge is 0.387 e. The zero-order valence-corrected chi connectivity index (χ0v) is 11.6. The van der Waals surface area contributed by atoms with Gasteiger partial charge >= 0.3 is 0 Å². The molecule has 1 rings (SSSR count). The summed E-state index contributed by atoms with van der Waals surface area (Å²) >= 11 is 0. The van der Waals surface area contributed by atoms with Gasteiger partial charge in [0.05, 0.1) is 6.10 Å². The summed E-state index contributed by atoms with van der Waals surface area (Å²) in [5.41, 5.74) is 2.41. The molecule has 96 valence electrons. The van der Waals surface area contributed by atoms with E-state index in [1.807, 2.05) is 24.3 Å². The van der Waals surface area contributed by atoms with Gasteiger partial charge in [0, 0.05) is 12.6 Å². The highest BCUT2D eigenvalue weighted by Gasteiger charge is 2.20. The number of hydrogen-bond donors (Lipinski definition) is 2. The van der Waals surface area contributed by atoms with Crippen LogP contribution < -0.4 is 5.32 Å². The highest BCUT2D eigenvalue weighted by Crippen LogP contribution is 2.19. The van der Waals surface area contributed by atoms with Crippen molar-refractivity contribution < 1.29 is 5.11 Å². The van der Waals surface area contributed by atoms with E-state index in [1.54, 1.807) is 0 Å². The molecule has 0 heterocycles. The average molecular weight is 235 g/mol. The first kappa shape index (κ1) is 14.2. The summed E-state index contributed by atoms with van der Waals surface area (Å²) in [7, 11) is 0. The summed E-state index contributed by atoms with van der Waals surface area (Å²) < 4.78 is 0. The van der Waals surface area contributed by atoms with Crippen LogP contribution in [-0.2, 0) is 0 Å². The highest BCUT2D eigenvalue weighted by molar-refractivity contribution is 5.23. The van der Waals surface area contributed by atoms with Gasteiger partial charge in [-0.3, -0.25) is 0 Å². The second-order valence-corrected chi connectivity index (χ2v) is 5.92. The lowest BCUT2D eigenvalue weighted by molar-refractivity contribution is 0.158. The highest BCUT2D eigenvalue weighted by atomic mass is 16.3. The normalized spacial score (nSPS) is 15.6. The zero-order valence-electron chi connectivity index (χ0n) is 11.6. The van der Waals surface area contributed by atoms with E-state index in [9.17, 15) is 5.11 Å². The minimum Gasteiger partial charge on any atom is -0.387 e. The van der Waals surface area contributed by atoms with Crippen LogP contribution in [0.3, 0.4) is 0 Å². The molecule has 1 aromatic rings. The summed E-state index contributed by atoms with van der Waals surface area (Å²) in [5.74, 6) is 0. The van der Waals surface area contributed by atoms with Crippen molar-refractivity contribution in [2.75, 3.05) is 6.54 Å². The number of benzene rings is 1. The molecule has 0 aliphatic carbocycles. The molecule has 0 fully saturated rings. The molecule has 0 aromatic heterocycles. The molecule has 0 saturated carbocycles. The summed E-state index contributed by atoms with van der Waals surface area (Å²) in [5, 5.41) is 13.4. The second kappa shape index (κ2) is 5.65. The third-order valence-electron chi connectivity index (χ3n) is 3.38. The van der Waals surface area contributed by atoms with Crippen LogP contribution in [0.5, 0.6) is 0 Å². The van der Waals surface area contributed by atoms with Gasteiger partial charge in [-0.2, -0.15) is 0 Å². The summed E-state index contributed by atoms with van der Waals surface area (Å²) in [4.78, 5) is 0. The fraction of sp³-hybridized carbons (Fsp3) is 0.600. The number of aliphatic hydroxyl groups excluding tert-OH is 1. The summed E-state index contributed by atoms with van der Waals surface area (Å²) in [6.07, 6.45) is -0.430. The van der Waals surface area contributed by atoms with Gasteiger partial charge in [-0.1, -0.05) is 50.6 Å². The molecule has 2 N–H and O–H groups in total. The average Bonchev–Trinajstić information content (AvgIpc) is 2.25. The van der Waals surface area contributed by atoms with Crippen molar-refractivity contribution in [2.45, 2.75) is 46.8 Å². The van der Waals surface area contributed by atoms with E-state index in [1.165, 1.54) is 5.56 Å². The van der Waals surface area contributed by atoms with Crippen molar-refractivity contribution in [3.8, 4) is 0 Å². The van der Waals surface area contributed by atoms with Crippen LogP contribution in [0.25, 0.3) is 0 Å². The third-order valence-corrected chi connectivity index (χ3v) is 3.38. The SMILES string of the molecule is Cc1ccc(C(O)CNC(C)C(C)(C)C)cc1. The zero-order chi connectivity index (χ0) is 13.1. The summed E-state index contributed by atoms with van der Waals surface area (Å²) in [6, 6.07) is 8.42. The molecule has 0 radical (unpaired) electrons. The van der Waals surface area contributed by atoms with E-state index in [0.717, 1.165) is 5.56 Å². The Morgan fingerprint density at radius 1 is 1.18 bits per heavy atom. The quantitative estimate of drug-likeness (QED) is 0.840. The molecule has 0 amide bonds. The van der Waals surface area contributed by atoms with Crippen molar-refractivity contribution in [3.05, 3.63) is 35.4 Å². The maximum atomic E-state index is 10.1. The van der Waals surface area contributed by atoms with Gasteiger partial charge in [-0.05, 0) is 24.8 Å². The Balaban J connectivity index is 2.50. The first-order chi connectivity index (χ1) is 7.80. The van der Waals surface area contributed by atoms with Crippen molar-refractivity contribution >= 4 is 0 Å². The van der Waals surface area contributed by atoms with Crippen LogP contribution in [0.15, 0.2) is 24.3 Å². The van der Waals surface area contributed by atoms with Crippen LogP contribution >= 0.6 is 0 Å².